The molecule has 0 spiro atoms. The van der Waals surface area contributed by atoms with Crippen molar-refractivity contribution in [2.75, 3.05) is 6.54 Å². The summed E-state index contributed by atoms with van der Waals surface area (Å²) in [5.74, 6) is 1.77. The molecule has 4 nitrogen and oxygen atoms in total. The molecule has 1 unspecified atom stereocenters. The molecule has 0 bridgehead atoms. The quantitative estimate of drug-likeness (QED) is 0.942. The maximum absolute atomic E-state index is 4.94. The van der Waals surface area contributed by atoms with Gasteiger partial charge in [-0.15, -0.1) is 0 Å². The number of pyridine rings is 1. The summed E-state index contributed by atoms with van der Waals surface area (Å²) in [6.45, 7) is 9.66. The van der Waals surface area contributed by atoms with E-state index in [1.54, 1.807) is 0 Å². The Balaban J connectivity index is 1.65. The second kappa shape index (κ2) is 6.21. The zero-order valence-electron chi connectivity index (χ0n) is 13.8. The highest BCUT2D eigenvalue weighted by molar-refractivity contribution is 5.17. The number of nitrogens with zero attached hydrogens (tertiary/aromatic N) is 3. The van der Waals surface area contributed by atoms with Gasteiger partial charge in [0.1, 0.15) is 5.82 Å². The fourth-order valence-corrected chi connectivity index (χ4v) is 3.02. The van der Waals surface area contributed by atoms with Gasteiger partial charge in [0.25, 0.3) is 0 Å². The molecule has 1 aliphatic heterocycles. The van der Waals surface area contributed by atoms with Crippen LogP contribution >= 0.6 is 0 Å². The van der Waals surface area contributed by atoms with Crippen molar-refractivity contribution < 1.29 is 0 Å². The van der Waals surface area contributed by atoms with E-state index in [2.05, 4.69) is 47.9 Å². The number of aryl methyl sites for hydroxylation is 1. The van der Waals surface area contributed by atoms with Gasteiger partial charge in [-0.1, -0.05) is 26.8 Å². The molecule has 0 aliphatic carbocycles. The molecule has 1 aliphatic rings. The van der Waals surface area contributed by atoms with Crippen molar-refractivity contribution >= 4 is 0 Å². The Hall–Kier alpha value is -1.68. The average Bonchev–Trinajstić information content (AvgIpc) is 2.93. The summed E-state index contributed by atoms with van der Waals surface area (Å²) >= 11 is 0. The van der Waals surface area contributed by atoms with Crippen LogP contribution in [0.3, 0.4) is 0 Å². The fourth-order valence-electron chi connectivity index (χ4n) is 3.02. The molecule has 2 aromatic heterocycles. The number of fused-ring (bicyclic) bond motifs is 1. The van der Waals surface area contributed by atoms with E-state index < -0.39 is 0 Å². The average molecular weight is 298 g/mol. The van der Waals surface area contributed by atoms with Gasteiger partial charge in [-0.25, -0.2) is 4.98 Å². The Bertz CT molecular complexity index is 610. The summed E-state index contributed by atoms with van der Waals surface area (Å²) in [6.07, 6.45) is 8.46. The predicted octanol–water partition coefficient (Wildman–Crippen LogP) is 3.24. The van der Waals surface area contributed by atoms with Crippen molar-refractivity contribution in [3.63, 3.8) is 0 Å². The lowest BCUT2D eigenvalue weighted by Gasteiger charge is -2.23. The van der Waals surface area contributed by atoms with E-state index in [-0.39, 0.29) is 5.41 Å². The van der Waals surface area contributed by atoms with Crippen LogP contribution in [0.1, 0.15) is 56.6 Å². The number of hydrogen-bond donors (Lipinski definition) is 1. The topological polar surface area (TPSA) is 42.7 Å². The maximum atomic E-state index is 4.94. The van der Waals surface area contributed by atoms with E-state index in [1.807, 2.05) is 18.5 Å². The molecule has 0 fully saturated rings. The largest absolute Gasteiger partial charge is 0.334 e. The first-order valence-electron chi connectivity index (χ1n) is 8.21. The summed E-state index contributed by atoms with van der Waals surface area (Å²) in [7, 11) is 0. The standard InChI is InChI=1S/C18H26N4/c1-18(2,3)16-13-22-9-5-7-15(17(22)21-16)12-20-11-14-6-4-8-19-10-14/h4,6,8,10,13,15,20H,5,7,9,11-12H2,1-3H3. The predicted molar refractivity (Wildman–Crippen MR) is 88.8 cm³/mol. The molecule has 3 rings (SSSR count). The third kappa shape index (κ3) is 3.38. The lowest BCUT2D eigenvalue weighted by molar-refractivity contribution is 0.422. The van der Waals surface area contributed by atoms with Crippen molar-refractivity contribution in [1.29, 1.82) is 0 Å². The van der Waals surface area contributed by atoms with Crippen molar-refractivity contribution in [2.45, 2.75) is 58.0 Å². The molecule has 118 valence electrons. The van der Waals surface area contributed by atoms with Crippen molar-refractivity contribution in [2.24, 2.45) is 0 Å². The molecular formula is C18H26N4. The van der Waals surface area contributed by atoms with Crippen LogP contribution in [0.15, 0.2) is 30.7 Å². The Morgan fingerprint density at radius 1 is 1.36 bits per heavy atom. The highest BCUT2D eigenvalue weighted by Crippen LogP contribution is 2.30. The van der Waals surface area contributed by atoms with E-state index in [1.165, 1.54) is 29.9 Å². The van der Waals surface area contributed by atoms with Gasteiger partial charge in [0.2, 0.25) is 0 Å². The molecule has 1 N–H and O–H groups in total. The van der Waals surface area contributed by atoms with E-state index in [0.29, 0.717) is 5.92 Å². The molecule has 0 saturated heterocycles. The Labute approximate surface area is 133 Å². The van der Waals surface area contributed by atoms with E-state index >= 15 is 0 Å². The van der Waals surface area contributed by atoms with Crippen molar-refractivity contribution in [1.82, 2.24) is 19.9 Å². The summed E-state index contributed by atoms with van der Waals surface area (Å²) in [6, 6.07) is 4.10. The van der Waals surface area contributed by atoms with E-state index in [0.717, 1.165) is 19.6 Å². The van der Waals surface area contributed by atoms with Gasteiger partial charge in [0.05, 0.1) is 5.69 Å². The number of aromatic nitrogens is 3. The molecule has 0 aromatic carbocycles. The van der Waals surface area contributed by atoms with Gasteiger partial charge in [-0.3, -0.25) is 4.98 Å². The summed E-state index contributed by atoms with van der Waals surface area (Å²) in [5, 5.41) is 3.57. The van der Waals surface area contributed by atoms with Crippen LogP contribution in [0.25, 0.3) is 0 Å². The van der Waals surface area contributed by atoms with Crippen LogP contribution < -0.4 is 5.32 Å². The summed E-state index contributed by atoms with van der Waals surface area (Å²) in [4.78, 5) is 9.10. The van der Waals surface area contributed by atoms with Crippen molar-refractivity contribution in [3.8, 4) is 0 Å². The van der Waals surface area contributed by atoms with Crippen LogP contribution in [0.2, 0.25) is 0 Å². The van der Waals surface area contributed by atoms with Crippen LogP contribution in [-0.4, -0.2) is 21.1 Å². The first-order chi connectivity index (χ1) is 10.5. The monoisotopic (exact) mass is 298 g/mol. The normalized spacial score (nSPS) is 18.2. The highest BCUT2D eigenvalue weighted by Gasteiger charge is 2.26. The van der Waals surface area contributed by atoms with E-state index in [9.17, 15) is 0 Å². The molecule has 2 aromatic rings. The number of imidazole rings is 1. The van der Waals surface area contributed by atoms with Gasteiger partial charge >= 0.3 is 0 Å². The molecule has 4 heteroatoms. The molecule has 22 heavy (non-hydrogen) atoms. The highest BCUT2D eigenvalue weighted by atomic mass is 15.1. The minimum atomic E-state index is 0.123. The first-order valence-corrected chi connectivity index (χ1v) is 8.21. The molecule has 1 atom stereocenters. The van der Waals surface area contributed by atoms with Crippen LogP contribution in [0.5, 0.6) is 0 Å². The zero-order chi connectivity index (χ0) is 15.6. The zero-order valence-corrected chi connectivity index (χ0v) is 13.8. The molecule has 3 heterocycles. The van der Waals surface area contributed by atoms with Gasteiger partial charge in [-0.2, -0.15) is 0 Å². The minimum absolute atomic E-state index is 0.123. The number of hydrogen-bond acceptors (Lipinski definition) is 3. The van der Waals surface area contributed by atoms with Crippen LogP contribution in [-0.2, 0) is 18.5 Å². The van der Waals surface area contributed by atoms with Crippen LogP contribution in [0.4, 0.5) is 0 Å². The van der Waals surface area contributed by atoms with Gasteiger partial charge in [0, 0.05) is 49.6 Å². The third-order valence-corrected chi connectivity index (χ3v) is 4.34. The first kappa shape index (κ1) is 15.2. The lowest BCUT2D eigenvalue weighted by Crippen LogP contribution is -2.26. The van der Waals surface area contributed by atoms with Gasteiger partial charge < -0.3 is 9.88 Å². The maximum Gasteiger partial charge on any atom is 0.113 e. The second-order valence-electron chi connectivity index (χ2n) is 7.26. The summed E-state index contributed by atoms with van der Waals surface area (Å²) < 4.78 is 2.36. The van der Waals surface area contributed by atoms with Crippen molar-refractivity contribution in [3.05, 3.63) is 47.8 Å². The number of nitrogens with one attached hydrogen (secondary N) is 1. The van der Waals surface area contributed by atoms with Gasteiger partial charge in [0.15, 0.2) is 0 Å². The fraction of sp³-hybridized carbons (Fsp3) is 0.556. The SMILES string of the molecule is CC(C)(C)c1cn2c(n1)C(CNCc1cccnc1)CCC2. The molecule has 0 radical (unpaired) electrons. The molecular weight excluding hydrogens is 272 g/mol. The third-order valence-electron chi connectivity index (χ3n) is 4.34. The summed E-state index contributed by atoms with van der Waals surface area (Å²) in [5.41, 5.74) is 2.57. The second-order valence-corrected chi connectivity index (χ2v) is 7.26. The Morgan fingerprint density at radius 3 is 2.95 bits per heavy atom. The lowest BCUT2D eigenvalue weighted by atomic mass is 9.93. The van der Waals surface area contributed by atoms with E-state index in [4.69, 9.17) is 4.98 Å². The number of rotatable bonds is 4. The Kier molecular flexibility index (Phi) is 4.30. The Morgan fingerprint density at radius 2 is 2.23 bits per heavy atom. The molecule has 0 saturated carbocycles. The smallest absolute Gasteiger partial charge is 0.113 e. The van der Waals surface area contributed by atoms with Crippen LogP contribution in [0, 0.1) is 0 Å². The minimum Gasteiger partial charge on any atom is -0.334 e. The molecule has 0 amide bonds. The van der Waals surface area contributed by atoms with Gasteiger partial charge in [-0.05, 0) is 24.5 Å².